The number of benzene rings is 1. The summed E-state index contributed by atoms with van der Waals surface area (Å²) in [7, 11) is 0.974. The van der Waals surface area contributed by atoms with Gasteiger partial charge < -0.3 is 10.0 Å². The highest BCUT2D eigenvalue weighted by atomic mass is 16.7. The van der Waals surface area contributed by atoms with Crippen LogP contribution in [0.3, 0.4) is 0 Å². The lowest BCUT2D eigenvalue weighted by Crippen LogP contribution is -2.36. The lowest BCUT2D eigenvalue weighted by Gasteiger charge is -2.07. The minimum atomic E-state index is -2.00. The van der Waals surface area contributed by atoms with Crippen LogP contribution in [0.4, 0.5) is 5.69 Å². The van der Waals surface area contributed by atoms with Crippen molar-refractivity contribution in [3.63, 3.8) is 0 Å². The molecule has 80 valence electrons. The van der Waals surface area contributed by atoms with Gasteiger partial charge in [-0.3, -0.25) is 14.9 Å². The number of methoxy groups -OCH3 is 1. The zero-order chi connectivity index (χ0) is 13.9. The number of nitrogens with zero attached hydrogens (tertiary/aromatic N) is 1. The Hall–Kier alpha value is -1.95. The standard InChI is InChI=1S/C9H10N2O4/c1-15-9(11(13)14)8(12)10-7-5-3-2-4-6-7/h2-6,9H,1H3,(H,10,12)/i3D,5D/hD. The molecule has 1 rings (SSSR count). The van der Waals surface area contributed by atoms with Crippen LogP contribution in [0.2, 0.25) is 1.41 Å². The van der Waals surface area contributed by atoms with Gasteiger partial charge in [0.05, 0.1) is 7.66 Å². The van der Waals surface area contributed by atoms with E-state index in [0.717, 1.165) is 7.11 Å². The number of nitrogens with one attached hydrogen (secondary N) is 1. The van der Waals surface area contributed by atoms with Gasteiger partial charge in [0.25, 0.3) is 0 Å². The maximum atomic E-state index is 11.6. The van der Waals surface area contributed by atoms with E-state index in [1.54, 1.807) is 0 Å². The van der Waals surface area contributed by atoms with Crippen LogP contribution in [0.25, 0.3) is 0 Å². The molecule has 0 bridgehead atoms. The average Bonchev–Trinajstić information content (AvgIpc) is 2.32. The minimum Gasteiger partial charge on any atom is -0.318 e. The number of rotatable bonds is 4. The molecule has 6 nitrogen and oxygen atoms in total. The third kappa shape index (κ3) is 3.03. The molecule has 0 aliphatic heterocycles. The quantitative estimate of drug-likeness (QED) is 0.457. The lowest BCUT2D eigenvalue weighted by molar-refractivity contribution is -0.554. The molecule has 1 unspecified atom stereocenters. The molecule has 0 aliphatic carbocycles. The van der Waals surface area contributed by atoms with Gasteiger partial charge in [0.15, 0.2) is 1.41 Å². The fraction of sp³-hybridized carbons (Fsp3) is 0.222. The summed E-state index contributed by atoms with van der Waals surface area (Å²) in [5.41, 5.74) is -0.212. The van der Waals surface area contributed by atoms with Crippen molar-refractivity contribution in [1.82, 2.24) is 0 Å². The molecule has 1 amide bonds. The minimum absolute atomic E-state index is 0.187. The highest BCUT2D eigenvalue weighted by Crippen LogP contribution is 2.06. The first kappa shape index (κ1) is 7.36. The van der Waals surface area contributed by atoms with Gasteiger partial charge in [0.1, 0.15) is 0 Å². The van der Waals surface area contributed by atoms with E-state index in [-0.39, 0.29) is 23.1 Å². The Morgan fingerprint density at radius 3 is 3.13 bits per heavy atom. The van der Waals surface area contributed by atoms with Gasteiger partial charge in [-0.05, 0) is 12.1 Å². The Labute approximate surface area is 90.3 Å². The Morgan fingerprint density at radius 2 is 2.53 bits per heavy atom. The Morgan fingerprint density at radius 1 is 1.80 bits per heavy atom. The van der Waals surface area contributed by atoms with E-state index in [0.29, 0.717) is 0 Å². The number of nitro groups is 1. The van der Waals surface area contributed by atoms with E-state index in [4.69, 9.17) is 4.15 Å². The SMILES string of the molecule is [2H]c1cccc(N([2H])C(=O)C(OC)[N+](=O)[O-])c1[2H]. The van der Waals surface area contributed by atoms with E-state index in [1.807, 2.05) is 0 Å². The third-order valence-corrected chi connectivity index (χ3v) is 1.49. The molecule has 0 saturated heterocycles. The third-order valence-electron chi connectivity index (χ3n) is 1.49. The summed E-state index contributed by atoms with van der Waals surface area (Å²) >= 11 is 0. The number of hydrogen-bond acceptors (Lipinski definition) is 4. The van der Waals surface area contributed by atoms with Gasteiger partial charge >= 0.3 is 12.1 Å². The predicted octanol–water partition coefficient (Wildman–Crippen LogP) is 0.874. The van der Waals surface area contributed by atoms with Gasteiger partial charge in [0.2, 0.25) is 0 Å². The van der Waals surface area contributed by atoms with Crippen molar-refractivity contribution >= 4 is 11.6 Å². The molecule has 0 spiro atoms. The molecule has 0 heterocycles. The number of amides is 1. The fourth-order valence-corrected chi connectivity index (χ4v) is 0.861. The zero-order valence-corrected chi connectivity index (χ0v) is 7.84. The molecule has 0 aliphatic rings. The number of carbonyl (C=O) groups excluding carboxylic acids is 1. The average molecular weight is 213 g/mol. The van der Waals surface area contributed by atoms with Gasteiger partial charge in [-0.1, -0.05) is 18.2 Å². The Balaban J connectivity index is 3.07. The smallest absolute Gasteiger partial charge is 0.318 e. The normalized spacial score (nSPS) is 14.6. The van der Waals surface area contributed by atoms with Crippen molar-refractivity contribution in [1.29, 1.82) is 0 Å². The number of ether oxygens (including phenoxy) is 1. The maximum Gasteiger partial charge on any atom is 0.394 e. The molecule has 1 N–H and O–H groups in total. The molecule has 0 aromatic heterocycles. The van der Waals surface area contributed by atoms with Crippen molar-refractivity contribution in [2.75, 3.05) is 12.4 Å². The summed E-state index contributed by atoms with van der Waals surface area (Å²) in [6.45, 7) is 0. The second kappa shape index (κ2) is 5.06. The first-order valence-corrected chi connectivity index (χ1v) is 3.95. The highest BCUT2D eigenvalue weighted by molar-refractivity contribution is 5.92. The molecule has 0 saturated carbocycles. The van der Waals surface area contributed by atoms with Crippen LogP contribution >= 0.6 is 0 Å². The van der Waals surface area contributed by atoms with Gasteiger partial charge in [-0.2, -0.15) is 0 Å². The van der Waals surface area contributed by atoms with Gasteiger partial charge in [0, 0.05) is 12.8 Å². The second-order valence-electron chi connectivity index (χ2n) is 2.50. The predicted molar refractivity (Wildman–Crippen MR) is 52.9 cm³/mol. The van der Waals surface area contributed by atoms with Crippen LogP contribution in [0.5, 0.6) is 0 Å². The molecule has 0 radical (unpaired) electrons. The molecular weight excluding hydrogens is 200 g/mol. The van der Waals surface area contributed by atoms with E-state index < -0.39 is 17.1 Å². The summed E-state index contributed by atoms with van der Waals surface area (Å²) in [5.74, 6) is -1.23. The Bertz CT molecular complexity index is 483. The van der Waals surface area contributed by atoms with E-state index in [1.165, 1.54) is 18.2 Å². The van der Waals surface area contributed by atoms with Crippen molar-refractivity contribution in [3.05, 3.63) is 40.4 Å². The van der Waals surface area contributed by atoms with Gasteiger partial charge in [-0.25, -0.2) is 0 Å². The van der Waals surface area contributed by atoms with Crippen molar-refractivity contribution < 1.29 is 18.6 Å². The van der Waals surface area contributed by atoms with Gasteiger partial charge in [-0.15, -0.1) is 0 Å². The van der Waals surface area contributed by atoms with Crippen LogP contribution in [0.15, 0.2) is 30.3 Å². The molecule has 1 atom stereocenters. The highest BCUT2D eigenvalue weighted by Gasteiger charge is 2.29. The molecule has 6 heteroatoms. The molecular formula is C9H10N2O4. The largest absolute Gasteiger partial charge is 0.394 e. The van der Waals surface area contributed by atoms with Crippen molar-refractivity contribution in [2.45, 2.75) is 6.23 Å². The summed E-state index contributed by atoms with van der Waals surface area (Å²) in [5, 5.41) is 10.7. The number of anilines is 1. The summed E-state index contributed by atoms with van der Waals surface area (Å²) in [4.78, 5) is 21.2. The number of carbonyl (C=O) groups is 1. The van der Waals surface area contributed by atoms with E-state index >= 15 is 0 Å². The molecule has 1 aromatic carbocycles. The van der Waals surface area contributed by atoms with Crippen molar-refractivity contribution in [3.8, 4) is 0 Å². The zero-order valence-electron chi connectivity index (χ0n) is 10.8. The molecule has 15 heavy (non-hydrogen) atoms. The monoisotopic (exact) mass is 213 g/mol. The summed E-state index contributed by atoms with van der Waals surface area (Å²) in [6, 6.07) is 3.38. The molecule has 0 fully saturated rings. The van der Waals surface area contributed by atoms with Crippen LogP contribution in [-0.4, -0.2) is 24.2 Å². The van der Waals surface area contributed by atoms with Crippen LogP contribution in [-0.2, 0) is 9.53 Å². The Kier molecular flexibility index (Phi) is 2.48. The second-order valence-corrected chi connectivity index (χ2v) is 2.50. The lowest BCUT2D eigenvalue weighted by atomic mass is 10.3. The first-order valence-electron chi connectivity index (χ1n) is 5.40. The van der Waals surface area contributed by atoms with Crippen molar-refractivity contribution in [2.24, 2.45) is 0 Å². The van der Waals surface area contributed by atoms with Crippen LogP contribution < -0.4 is 5.31 Å². The topological polar surface area (TPSA) is 81.5 Å². The van der Waals surface area contributed by atoms with Crippen LogP contribution in [0, 0.1) is 10.1 Å². The van der Waals surface area contributed by atoms with Crippen LogP contribution in [0.1, 0.15) is 2.74 Å². The summed E-state index contributed by atoms with van der Waals surface area (Å²) in [6.07, 6.45) is -2.00. The summed E-state index contributed by atoms with van der Waals surface area (Å²) < 4.78 is 26.7. The van der Waals surface area contributed by atoms with E-state index in [9.17, 15) is 14.9 Å². The van der Waals surface area contributed by atoms with E-state index in [2.05, 4.69) is 4.74 Å². The number of para-hydroxylation sites is 1. The maximum absolute atomic E-state index is 11.6. The first-order chi connectivity index (χ1) is 8.40. The fourth-order valence-electron chi connectivity index (χ4n) is 0.861. The number of hydrogen-bond donors (Lipinski definition) is 1. The molecule has 1 aromatic rings.